The number of primary sulfonamides is 1. The molecule has 0 unspecified atom stereocenters. The molecule has 0 aliphatic heterocycles. The van der Waals surface area contributed by atoms with Crippen molar-refractivity contribution in [1.82, 2.24) is 10.6 Å². The molecule has 2 rings (SSSR count). The number of hydrogen-bond acceptors (Lipinski definition) is 4. The minimum atomic E-state index is -3.67. The number of methoxy groups -OCH3 is 1. The molecular formula is C19H26N4O3S. The van der Waals surface area contributed by atoms with Crippen LogP contribution in [0, 0.1) is 0 Å². The monoisotopic (exact) mass is 390 g/mol. The third kappa shape index (κ3) is 6.58. The van der Waals surface area contributed by atoms with Gasteiger partial charge in [-0.15, -0.1) is 0 Å². The Morgan fingerprint density at radius 1 is 1.11 bits per heavy atom. The summed E-state index contributed by atoms with van der Waals surface area (Å²) in [6, 6.07) is 14.3. The number of nitrogens with two attached hydrogens (primary N) is 1. The molecule has 27 heavy (non-hydrogen) atoms. The number of ether oxygens (including phenoxy) is 1. The first-order valence-electron chi connectivity index (χ1n) is 8.70. The Balaban J connectivity index is 1.95. The van der Waals surface area contributed by atoms with Gasteiger partial charge in [0.2, 0.25) is 10.0 Å². The zero-order valence-corrected chi connectivity index (χ0v) is 16.4. The SMILES string of the molecule is CCNC(=NCc1ccc(S(N)(=O)=O)cc1)NCCc1ccccc1OC. The highest BCUT2D eigenvalue weighted by atomic mass is 32.2. The third-order valence-corrected chi connectivity index (χ3v) is 4.82. The van der Waals surface area contributed by atoms with Crippen molar-refractivity contribution in [1.29, 1.82) is 0 Å². The number of rotatable bonds is 8. The van der Waals surface area contributed by atoms with Gasteiger partial charge in [0.15, 0.2) is 5.96 Å². The van der Waals surface area contributed by atoms with Crippen LogP contribution in [0.4, 0.5) is 0 Å². The Kier molecular flexibility index (Phi) is 7.63. The number of hydrogen-bond donors (Lipinski definition) is 3. The van der Waals surface area contributed by atoms with E-state index in [1.54, 1.807) is 19.2 Å². The molecule has 0 saturated heterocycles. The van der Waals surface area contributed by atoms with Crippen LogP contribution < -0.4 is 20.5 Å². The number of benzene rings is 2. The van der Waals surface area contributed by atoms with Gasteiger partial charge in [-0.05, 0) is 42.7 Å². The van der Waals surface area contributed by atoms with Crippen molar-refractivity contribution >= 4 is 16.0 Å². The van der Waals surface area contributed by atoms with Crippen LogP contribution >= 0.6 is 0 Å². The maximum Gasteiger partial charge on any atom is 0.238 e. The third-order valence-electron chi connectivity index (χ3n) is 3.90. The zero-order chi connectivity index (χ0) is 19.7. The number of guanidine groups is 1. The Morgan fingerprint density at radius 2 is 1.81 bits per heavy atom. The van der Waals surface area contributed by atoms with Crippen LogP contribution in [-0.4, -0.2) is 34.6 Å². The maximum atomic E-state index is 11.3. The molecule has 146 valence electrons. The summed E-state index contributed by atoms with van der Waals surface area (Å²) in [5.41, 5.74) is 2.02. The van der Waals surface area contributed by atoms with Gasteiger partial charge in [-0.3, -0.25) is 0 Å². The second-order valence-corrected chi connectivity index (χ2v) is 7.43. The summed E-state index contributed by atoms with van der Waals surface area (Å²) < 4.78 is 28.0. The topological polar surface area (TPSA) is 106 Å². The van der Waals surface area contributed by atoms with Crippen molar-refractivity contribution in [3.05, 3.63) is 59.7 Å². The first-order valence-corrected chi connectivity index (χ1v) is 10.2. The standard InChI is InChI=1S/C19H26N4O3S/c1-3-21-19(22-13-12-16-6-4-5-7-18(16)26-2)23-14-15-8-10-17(11-9-15)27(20,24)25/h4-11H,3,12-14H2,1-2H3,(H2,20,24,25)(H2,21,22,23). The fraction of sp³-hybridized carbons (Fsp3) is 0.316. The number of para-hydroxylation sites is 1. The lowest BCUT2D eigenvalue weighted by atomic mass is 10.1. The normalized spacial score (nSPS) is 11.9. The maximum absolute atomic E-state index is 11.3. The minimum Gasteiger partial charge on any atom is -0.496 e. The summed E-state index contributed by atoms with van der Waals surface area (Å²) in [7, 11) is -2.01. The van der Waals surface area contributed by atoms with Gasteiger partial charge >= 0.3 is 0 Å². The molecule has 4 N–H and O–H groups in total. The molecule has 2 aromatic rings. The highest BCUT2D eigenvalue weighted by molar-refractivity contribution is 7.89. The molecule has 0 amide bonds. The summed E-state index contributed by atoms with van der Waals surface area (Å²) in [6.45, 7) is 3.87. The predicted molar refractivity (Wildman–Crippen MR) is 107 cm³/mol. The predicted octanol–water partition coefficient (Wildman–Crippen LogP) is 1.64. The van der Waals surface area contributed by atoms with E-state index in [1.165, 1.54) is 12.1 Å². The molecule has 0 aromatic heterocycles. The van der Waals surface area contributed by atoms with Gasteiger partial charge in [0.25, 0.3) is 0 Å². The van der Waals surface area contributed by atoms with E-state index in [4.69, 9.17) is 9.88 Å². The molecule has 0 spiro atoms. The van der Waals surface area contributed by atoms with Gasteiger partial charge in [-0.2, -0.15) is 0 Å². The van der Waals surface area contributed by atoms with E-state index in [0.29, 0.717) is 19.0 Å². The van der Waals surface area contributed by atoms with Crippen molar-refractivity contribution in [3.63, 3.8) is 0 Å². The average molecular weight is 391 g/mol. The lowest BCUT2D eigenvalue weighted by Gasteiger charge is -2.13. The molecule has 2 aromatic carbocycles. The Hall–Kier alpha value is -2.58. The lowest BCUT2D eigenvalue weighted by Crippen LogP contribution is -2.38. The van der Waals surface area contributed by atoms with Crippen LogP contribution in [-0.2, 0) is 23.0 Å². The van der Waals surface area contributed by atoms with Crippen molar-refractivity contribution in [2.45, 2.75) is 24.8 Å². The first kappa shape index (κ1) is 20.7. The number of nitrogens with zero attached hydrogens (tertiary/aromatic N) is 1. The lowest BCUT2D eigenvalue weighted by molar-refractivity contribution is 0.409. The van der Waals surface area contributed by atoms with Gasteiger partial charge in [0.1, 0.15) is 5.75 Å². The van der Waals surface area contributed by atoms with Crippen LogP contribution in [0.5, 0.6) is 5.75 Å². The van der Waals surface area contributed by atoms with E-state index < -0.39 is 10.0 Å². The minimum absolute atomic E-state index is 0.0945. The van der Waals surface area contributed by atoms with E-state index in [2.05, 4.69) is 15.6 Å². The van der Waals surface area contributed by atoms with Gasteiger partial charge < -0.3 is 15.4 Å². The summed E-state index contributed by atoms with van der Waals surface area (Å²) in [5, 5.41) is 11.6. The van der Waals surface area contributed by atoms with E-state index in [1.807, 2.05) is 31.2 Å². The first-order chi connectivity index (χ1) is 12.9. The second-order valence-electron chi connectivity index (χ2n) is 5.87. The van der Waals surface area contributed by atoms with Gasteiger partial charge in [-0.1, -0.05) is 30.3 Å². The summed E-state index contributed by atoms with van der Waals surface area (Å²) in [5.74, 6) is 1.57. The smallest absolute Gasteiger partial charge is 0.238 e. The molecule has 8 heteroatoms. The highest BCUT2D eigenvalue weighted by Crippen LogP contribution is 2.17. The number of nitrogens with one attached hydrogen (secondary N) is 2. The fourth-order valence-corrected chi connectivity index (χ4v) is 3.04. The van der Waals surface area contributed by atoms with E-state index in [-0.39, 0.29) is 4.90 Å². The summed E-state index contributed by atoms with van der Waals surface area (Å²) in [6.07, 6.45) is 0.803. The van der Waals surface area contributed by atoms with Gasteiger partial charge in [-0.25, -0.2) is 18.5 Å². The molecule has 0 saturated carbocycles. The molecular weight excluding hydrogens is 364 g/mol. The van der Waals surface area contributed by atoms with Crippen molar-refractivity contribution in [2.75, 3.05) is 20.2 Å². The van der Waals surface area contributed by atoms with Crippen LogP contribution in [0.2, 0.25) is 0 Å². The van der Waals surface area contributed by atoms with Crippen LogP contribution in [0.1, 0.15) is 18.1 Å². The molecule has 0 aliphatic carbocycles. The molecule has 0 radical (unpaired) electrons. The second kappa shape index (κ2) is 9.94. The molecule has 7 nitrogen and oxygen atoms in total. The van der Waals surface area contributed by atoms with E-state index >= 15 is 0 Å². The zero-order valence-electron chi connectivity index (χ0n) is 15.6. The highest BCUT2D eigenvalue weighted by Gasteiger charge is 2.07. The summed E-state index contributed by atoms with van der Waals surface area (Å²) >= 11 is 0. The quantitative estimate of drug-likeness (QED) is 0.469. The Bertz CT molecular complexity index is 865. The molecule has 0 aliphatic rings. The van der Waals surface area contributed by atoms with Gasteiger partial charge in [0.05, 0.1) is 18.6 Å². The van der Waals surface area contributed by atoms with Crippen LogP contribution in [0.15, 0.2) is 58.4 Å². The molecule has 0 fully saturated rings. The number of sulfonamides is 1. The van der Waals surface area contributed by atoms with E-state index in [9.17, 15) is 8.42 Å². The van der Waals surface area contributed by atoms with Crippen LogP contribution in [0.3, 0.4) is 0 Å². The van der Waals surface area contributed by atoms with Gasteiger partial charge in [0, 0.05) is 13.1 Å². The Morgan fingerprint density at radius 3 is 2.44 bits per heavy atom. The molecule has 0 heterocycles. The number of aliphatic imine (C=N–C) groups is 1. The largest absolute Gasteiger partial charge is 0.496 e. The Labute approximate surface area is 160 Å². The summed E-state index contributed by atoms with van der Waals surface area (Å²) in [4.78, 5) is 4.63. The van der Waals surface area contributed by atoms with E-state index in [0.717, 1.165) is 29.8 Å². The average Bonchev–Trinajstić information content (AvgIpc) is 2.66. The molecule has 0 atom stereocenters. The fourth-order valence-electron chi connectivity index (χ4n) is 2.52. The van der Waals surface area contributed by atoms with Crippen molar-refractivity contribution in [3.8, 4) is 5.75 Å². The van der Waals surface area contributed by atoms with Crippen LogP contribution in [0.25, 0.3) is 0 Å². The molecule has 0 bridgehead atoms. The van der Waals surface area contributed by atoms with Crippen molar-refractivity contribution in [2.24, 2.45) is 10.1 Å². The van der Waals surface area contributed by atoms with Crippen molar-refractivity contribution < 1.29 is 13.2 Å².